The van der Waals surface area contributed by atoms with Gasteiger partial charge in [0.1, 0.15) is 0 Å². The van der Waals surface area contributed by atoms with Crippen molar-refractivity contribution >= 4 is 16.5 Å². The number of fused-ring (bicyclic) bond motifs is 1. The molecular weight excluding hydrogens is 254 g/mol. The molecule has 0 heterocycles. The van der Waals surface area contributed by atoms with Gasteiger partial charge in [-0.1, -0.05) is 54.1 Å². The third-order valence-corrected chi connectivity index (χ3v) is 4.03. The zero-order valence-electron chi connectivity index (χ0n) is 12.9. The van der Waals surface area contributed by atoms with Crippen LogP contribution in [-0.2, 0) is 0 Å². The summed E-state index contributed by atoms with van der Waals surface area (Å²) in [5, 5.41) is 6.21. The van der Waals surface area contributed by atoms with E-state index < -0.39 is 0 Å². The minimum absolute atomic E-state index is 0.288. The molecule has 0 aliphatic heterocycles. The Balaban J connectivity index is 1.87. The van der Waals surface area contributed by atoms with E-state index in [2.05, 4.69) is 86.8 Å². The average Bonchev–Trinajstić information content (AvgIpc) is 2.49. The molecule has 3 aromatic rings. The highest BCUT2D eigenvalue weighted by atomic mass is 14.9. The summed E-state index contributed by atoms with van der Waals surface area (Å²) < 4.78 is 0. The number of hydrogen-bond donors (Lipinski definition) is 1. The lowest BCUT2D eigenvalue weighted by molar-refractivity contribution is 0.884. The van der Waals surface area contributed by atoms with E-state index in [1.54, 1.807) is 0 Å². The molecule has 0 bridgehead atoms. The molecule has 106 valence electrons. The third kappa shape index (κ3) is 2.92. The fraction of sp³-hybridized carbons (Fsp3) is 0.200. The molecule has 3 aromatic carbocycles. The Morgan fingerprint density at radius 1 is 0.810 bits per heavy atom. The third-order valence-electron chi connectivity index (χ3n) is 4.03. The molecule has 3 rings (SSSR count). The van der Waals surface area contributed by atoms with E-state index in [-0.39, 0.29) is 6.04 Å². The molecule has 1 heteroatoms. The van der Waals surface area contributed by atoms with Crippen LogP contribution in [0.5, 0.6) is 0 Å². The first-order chi connectivity index (χ1) is 10.1. The van der Waals surface area contributed by atoms with Gasteiger partial charge in [-0.05, 0) is 54.8 Å². The minimum Gasteiger partial charge on any atom is -0.378 e. The monoisotopic (exact) mass is 275 g/mol. The summed E-state index contributed by atoms with van der Waals surface area (Å²) >= 11 is 0. The van der Waals surface area contributed by atoms with Crippen LogP contribution >= 0.6 is 0 Å². The normalized spacial score (nSPS) is 12.3. The van der Waals surface area contributed by atoms with Crippen molar-refractivity contribution in [1.29, 1.82) is 0 Å². The number of aryl methyl sites for hydroxylation is 2. The summed E-state index contributed by atoms with van der Waals surface area (Å²) in [6, 6.07) is 22.0. The summed E-state index contributed by atoms with van der Waals surface area (Å²) in [6.45, 7) is 6.50. The van der Waals surface area contributed by atoms with E-state index in [1.807, 2.05) is 0 Å². The SMILES string of the molecule is Cc1ccc(NC(C)c2ccc3ccccc3c2)c(C)c1. The van der Waals surface area contributed by atoms with Crippen molar-refractivity contribution in [3.05, 3.63) is 77.4 Å². The smallest absolute Gasteiger partial charge is 0.0485 e. The van der Waals surface area contributed by atoms with Gasteiger partial charge in [0, 0.05) is 11.7 Å². The number of rotatable bonds is 3. The van der Waals surface area contributed by atoms with E-state index in [1.165, 1.54) is 33.2 Å². The van der Waals surface area contributed by atoms with Gasteiger partial charge in [0.2, 0.25) is 0 Å². The molecule has 0 radical (unpaired) electrons. The Bertz CT molecular complexity index is 774. The van der Waals surface area contributed by atoms with E-state index in [0.717, 1.165) is 0 Å². The molecule has 0 saturated heterocycles. The molecule has 1 N–H and O–H groups in total. The Morgan fingerprint density at radius 3 is 2.33 bits per heavy atom. The van der Waals surface area contributed by atoms with Crippen LogP contribution in [0.25, 0.3) is 10.8 Å². The highest BCUT2D eigenvalue weighted by Gasteiger charge is 2.07. The van der Waals surface area contributed by atoms with Gasteiger partial charge in [-0.25, -0.2) is 0 Å². The molecule has 0 aliphatic rings. The predicted octanol–water partition coefficient (Wildman–Crippen LogP) is 5.63. The van der Waals surface area contributed by atoms with Gasteiger partial charge in [0.15, 0.2) is 0 Å². The van der Waals surface area contributed by atoms with E-state index in [0.29, 0.717) is 0 Å². The van der Waals surface area contributed by atoms with Crippen molar-refractivity contribution in [1.82, 2.24) is 0 Å². The molecule has 0 aliphatic carbocycles. The minimum atomic E-state index is 0.288. The number of hydrogen-bond acceptors (Lipinski definition) is 1. The quantitative estimate of drug-likeness (QED) is 0.653. The fourth-order valence-electron chi connectivity index (χ4n) is 2.77. The Labute approximate surface area is 126 Å². The molecular formula is C20H21N. The summed E-state index contributed by atoms with van der Waals surface area (Å²) in [7, 11) is 0. The van der Waals surface area contributed by atoms with Crippen LogP contribution in [-0.4, -0.2) is 0 Å². The first kappa shape index (κ1) is 13.7. The van der Waals surface area contributed by atoms with Crippen molar-refractivity contribution in [2.75, 3.05) is 5.32 Å². The maximum atomic E-state index is 3.62. The van der Waals surface area contributed by atoms with Gasteiger partial charge in [-0.15, -0.1) is 0 Å². The number of anilines is 1. The summed E-state index contributed by atoms with van der Waals surface area (Å²) in [5.74, 6) is 0. The van der Waals surface area contributed by atoms with Crippen molar-refractivity contribution in [2.24, 2.45) is 0 Å². The molecule has 0 spiro atoms. The standard InChI is InChI=1S/C20H21N/c1-14-8-11-20(15(2)12-14)21-16(3)18-10-9-17-6-4-5-7-19(17)13-18/h4-13,16,21H,1-3H3. The van der Waals surface area contributed by atoms with Gasteiger partial charge in [0.25, 0.3) is 0 Å². The molecule has 0 amide bonds. The van der Waals surface area contributed by atoms with Crippen LogP contribution in [0.1, 0.15) is 29.7 Å². The zero-order valence-corrected chi connectivity index (χ0v) is 12.9. The van der Waals surface area contributed by atoms with Crippen LogP contribution in [0.15, 0.2) is 60.7 Å². The second-order valence-corrected chi connectivity index (χ2v) is 5.79. The fourth-order valence-corrected chi connectivity index (χ4v) is 2.77. The van der Waals surface area contributed by atoms with Crippen molar-refractivity contribution in [2.45, 2.75) is 26.8 Å². The Hall–Kier alpha value is -2.28. The summed E-state index contributed by atoms with van der Waals surface area (Å²) in [5.41, 5.74) is 5.12. The largest absolute Gasteiger partial charge is 0.378 e. The van der Waals surface area contributed by atoms with Crippen LogP contribution in [0.3, 0.4) is 0 Å². The van der Waals surface area contributed by atoms with Gasteiger partial charge in [-0.3, -0.25) is 0 Å². The topological polar surface area (TPSA) is 12.0 Å². The summed E-state index contributed by atoms with van der Waals surface area (Å²) in [6.07, 6.45) is 0. The van der Waals surface area contributed by atoms with Crippen molar-refractivity contribution < 1.29 is 0 Å². The van der Waals surface area contributed by atoms with E-state index in [9.17, 15) is 0 Å². The van der Waals surface area contributed by atoms with E-state index >= 15 is 0 Å². The van der Waals surface area contributed by atoms with Crippen LogP contribution in [0, 0.1) is 13.8 Å². The maximum absolute atomic E-state index is 3.62. The average molecular weight is 275 g/mol. The first-order valence-corrected chi connectivity index (χ1v) is 7.46. The first-order valence-electron chi connectivity index (χ1n) is 7.46. The summed E-state index contributed by atoms with van der Waals surface area (Å²) in [4.78, 5) is 0. The molecule has 0 saturated carbocycles. The van der Waals surface area contributed by atoms with Gasteiger partial charge in [0.05, 0.1) is 0 Å². The lowest BCUT2D eigenvalue weighted by atomic mass is 10.0. The molecule has 21 heavy (non-hydrogen) atoms. The number of nitrogens with one attached hydrogen (secondary N) is 1. The van der Waals surface area contributed by atoms with Crippen molar-refractivity contribution in [3.63, 3.8) is 0 Å². The van der Waals surface area contributed by atoms with Gasteiger partial charge < -0.3 is 5.32 Å². The zero-order chi connectivity index (χ0) is 14.8. The highest BCUT2D eigenvalue weighted by Crippen LogP contribution is 2.25. The molecule has 1 nitrogen and oxygen atoms in total. The predicted molar refractivity (Wildman–Crippen MR) is 91.9 cm³/mol. The van der Waals surface area contributed by atoms with Crippen molar-refractivity contribution in [3.8, 4) is 0 Å². The Kier molecular flexibility index (Phi) is 3.66. The molecule has 0 aromatic heterocycles. The molecule has 1 unspecified atom stereocenters. The highest BCUT2D eigenvalue weighted by molar-refractivity contribution is 5.83. The lowest BCUT2D eigenvalue weighted by Crippen LogP contribution is -2.07. The second-order valence-electron chi connectivity index (χ2n) is 5.79. The van der Waals surface area contributed by atoms with Gasteiger partial charge >= 0.3 is 0 Å². The molecule has 0 fully saturated rings. The maximum Gasteiger partial charge on any atom is 0.0485 e. The molecule has 1 atom stereocenters. The number of benzene rings is 3. The van der Waals surface area contributed by atoms with Gasteiger partial charge in [-0.2, -0.15) is 0 Å². The lowest BCUT2D eigenvalue weighted by Gasteiger charge is -2.18. The second kappa shape index (κ2) is 5.61. The Morgan fingerprint density at radius 2 is 1.57 bits per heavy atom. The van der Waals surface area contributed by atoms with Crippen LogP contribution in [0.4, 0.5) is 5.69 Å². The van der Waals surface area contributed by atoms with Crippen LogP contribution < -0.4 is 5.32 Å². The van der Waals surface area contributed by atoms with Crippen LogP contribution in [0.2, 0.25) is 0 Å². The van der Waals surface area contributed by atoms with E-state index in [4.69, 9.17) is 0 Å².